The van der Waals surface area contributed by atoms with E-state index in [1.807, 2.05) is 0 Å². The van der Waals surface area contributed by atoms with E-state index in [1.165, 1.54) is 22.4 Å². The average molecular weight is 352 g/mol. The molecule has 3 aromatic carbocycles. The second kappa shape index (κ2) is 7.55. The van der Waals surface area contributed by atoms with Gasteiger partial charge in [-0.15, -0.1) is 0 Å². The Bertz CT molecular complexity index is 967. The fourth-order valence-corrected chi connectivity index (χ4v) is 3.43. The summed E-state index contributed by atoms with van der Waals surface area (Å²) in [5, 5.41) is 3.56. The molecular weight excluding hydrogens is 328 g/mol. The molecular formula is C25H24N2. The highest BCUT2D eigenvalue weighted by Crippen LogP contribution is 2.31. The van der Waals surface area contributed by atoms with E-state index in [9.17, 15) is 0 Å². The van der Waals surface area contributed by atoms with E-state index < -0.39 is 0 Å². The van der Waals surface area contributed by atoms with Crippen LogP contribution in [0, 0.1) is 0 Å². The molecule has 0 amide bonds. The molecule has 1 heterocycles. The summed E-state index contributed by atoms with van der Waals surface area (Å²) in [6.07, 6.45) is 6.65. The van der Waals surface area contributed by atoms with Crippen molar-refractivity contribution in [2.45, 2.75) is 5.92 Å². The van der Waals surface area contributed by atoms with Crippen molar-refractivity contribution in [3.63, 3.8) is 0 Å². The van der Waals surface area contributed by atoms with E-state index in [-0.39, 0.29) is 5.92 Å². The molecule has 2 nitrogen and oxygen atoms in total. The monoisotopic (exact) mass is 352 g/mol. The van der Waals surface area contributed by atoms with Crippen molar-refractivity contribution in [3.05, 3.63) is 113 Å². The zero-order valence-corrected chi connectivity index (χ0v) is 15.8. The fourth-order valence-electron chi connectivity index (χ4n) is 3.43. The lowest BCUT2D eigenvalue weighted by Gasteiger charge is -2.20. The molecule has 0 spiro atoms. The van der Waals surface area contributed by atoms with Crippen molar-refractivity contribution in [2.75, 3.05) is 24.3 Å². The molecule has 1 aliphatic rings. The lowest BCUT2D eigenvalue weighted by molar-refractivity contribution is 1.01. The van der Waals surface area contributed by atoms with Crippen molar-refractivity contribution < 1.29 is 0 Å². The Morgan fingerprint density at radius 1 is 0.741 bits per heavy atom. The summed E-state index contributed by atoms with van der Waals surface area (Å²) < 4.78 is 0. The number of benzene rings is 3. The third-order valence-corrected chi connectivity index (χ3v) is 4.96. The number of rotatable bonds is 4. The molecule has 0 fully saturated rings. The standard InChI is InChI=1S/C25H24N2/c1-27(2)23-16-13-20(14-17-23)24(19-8-4-3-5-9-19)18-22-15-12-21-10-6-7-11-25(21)26-22/h3-18,24,26H,1-2H3/t24-/m0/s1. The number of hydrogen-bond donors (Lipinski definition) is 1. The Morgan fingerprint density at radius 2 is 1.41 bits per heavy atom. The number of anilines is 2. The molecule has 27 heavy (non-hydrogen) atoms. The van der Waals surface area contributed by atoms with Gasteiger partial charge in [-0.3, -0.25) is 0 Å². The molecule has 4 rings (SSSR count). The van der Waals surface area contributed by atoms with Gasteiger partial charge in [0.15, 0.2) is 0 Å². The Hall–Kier alpha value is -3.26. The van der Waals surface area contributed by atoms with Gasteiger partial charge in [-0.2, -0.15) is 0 Å². The van der Waals surface area contributed by atoms with Crippen LogP contribution in [0.4, 0.5) is 11.4 Å². The maximum Gasteiger partial charge on any atom is 0.0457 e. The molecule has 1 N–H and O–H groups in total. The van der Waals surface area contributed by atoms with Crippen molar-refractivity contribution >= 4 is 17.5 Å². The molecule has 0 unspecified atom stereocenters. The van der Waals surface area contributed by atoms with E-state index in [2.05, 4.69) is 121 Å². The van der Waals surface area contributed by atoms with Crippen LogP contribution in [0.5, 0.6) is 0 Å². The molecule has 0 aromatic heterocycles. The summed E-state index contributed by atoms with van der Waals surface area (Å²) in [4.78, 5) is 2.13. The highest BCUT2D eigenvalue weighted by atomic mass is 15.1. The molecule has 0 radical (unpaired) electrons. The van der Waals surface area contributed by atoms with Gasteiger partial charge in [-0.25, -0.2) is 0 Å². The molecule has 0 saturated heterocycles. The Morgan fingerprint density at radius 3 is 2.15 bits per heavy atom. The highest BCUT2D eigenvalue weighted by Gasteiger charge is 2.14. The largest absolute Gasteiger partial charge is 0.378 e. The van der Waals surface area contributed by atoms with Gasteiger partial charge in [0, 0.05) is 37.1 Å². The molecule has 1 aliphatic heterocycles. The zero-order chi connectivity index (χ0) is 18.6. The highest BCUT2D eigenvalue weighted by molar-refractivity contribution is 5.74. The number of allylic oxidation sites excluding steroid dienone is 2. The predicted molar refractivity (Wildman–Crippen MR) is 116 cm³/mol. The first-order valence-corrected chi connectivity index (χ1v) is 9.29. The fraction of sp³-hybridized carbons (Fsp3) is 0.120. The van der Waals surface area contributed by atoms with Gasteiger partial charge in [0.2, 0.25) is 0 Å². The minimum absolute atomic E-state index is 0.194. The molecule has 3 aromatic rings. The second-order valence-electron chi connectivity index (χ2n) is 7.04. The van der Waals surface area contributed by atoms with Gasteiger partial charge in [0.1, 0.15) is 0 Å². The van der Waals surface area contributed by atoms with E-state index >= 15 is 0 Å². The van der Waals surface area contributed by atoms with E-state index in [1.54, 1.807) is 0 Å². The summed E-state index contributed by atoms with van der Waals surface area (Å²) in [6, 6.07) is 27.9. The molecule has 2 heteroatoms. The quantitative estimate of drug-likeness (QED) is 0.628. The van der Waals surface area contributed by atoms with Gasteiger partial charge < -0.3 is 10.2 Å². The maximum atomic E-state index is 3.56. The Labute approximate surface area is 161 Å². The first-order valence-electron chi connectivity index (χ1n) is 9.29. The van der Waals surface area contributed by atoms with Crippen LogP contribution in [0.1, 0.15) is 22.6 Å². The van der Waals surface area contributed by atoms with Gasteiger partial charge in [-0.1, -0.05) is 66.7 Å². The molecule has 1 atom stereocenters. The van der Waals surface area contributed by atoms with Crippen LogP contribution in [0.2, 0.25) is 0 Å². The van der Waals surface area contributed by atoms with Gasteiger partial charge in [0.05, 0.1) is 0 Å². The average Bonchev–Trinajstić information content (AvgIpc) is 2.72. The van der Waals surface area contributed by atoms with Crippen LogP contribution in [-0.4, -0.2) is 14.1 Å². The molecule has 0 saturated carbocycles. The molecule has 0 bridgehead atoms. The number of nitrogens with one attached hydrogen (secondary N) is 1. The van der Waals surface area contributed by atoms with Crippen molar-refractivity contribution in [2.24, 2.45) is 0 Å². The molecule has 0 aliphatic carbocycles. The lowest BCUT2D eigenvalue weighted by atomic mass is 9.89. The summed E-state index contributed by atoms with van der Waals surface area (Å²) in [6.45, 7) is 0. The number of nitrogens with zero attached hydrogens (tertiary/aromatic N) is 1. The van der Waals surface area contributed by atoms with Crippen LogP contribution in [0.15, 0.2) is 96.7 Å². The predicted octanol–water partition coefficient (Wildman–Crippen LogP) is 5.91. The van der Waals surface area contributed by atoms with Gasteiger partial charge >= 0.3 is 0 Å². The second-order valence-corrected chi connectivity index (χ2v) is 7.04. The summed E-state index contributed by atoms with van der Waals surface area (Å²) >= 11 is 0. The van der Waals surface area contributed by atoms with Crippen molar-refractivity contribution in [3.8, 4) is 0 Å². The topological polar surface area (TPSA) is 15.3 Å². The van der Waals surface area contributed by atoms with Crippen LogP contribution >= 0.6 is 0 Å². The SMILES string of the molecule is CN(C)c1ccc([C@@H](C=C2C=Cc3ccccc3N2)c2ccccc2)cc1. The van der Waals surface area contributed by atoms with Crippen LogP contribution in [0.3, 0.4) is 0 Å². The number of para-hydroxylation sites is 1. The Balaban J connectivity index is 1.71. The molecule has 134 valence electrons. The minimum atomic E-state index is 0.194. The van der Waals surface area contributed by atoms with Crippen molar-refractivity contribution in [1.29, 1.82) is 0 Å². The van der Waals surface area contributed by atoms with E-state index in [0.717, 1.165) is 11.4 Å². The summed E-state index contributed by atoms with van der Waals surface area (Å²) in [5.74, 6) is 0.194. The zero-order valence-electron chi connectivity index (χ0n) is 15.8. The Kier molecular flexibility index (Phi) is 4.80. The first kappa shape index (κ1) is 17.2. The van der Waals surface area contributed by atoms with E-state index in [0.29, 0.717) is 0 Å². The third kappa shape index (κ3) is 3.80. The van der Waals surface area contributed by atoms with Crippen molar-refractivity contribution in [1.82, 2.24) is 0 Å². The summed E-state index contributed by atoms with van der Waals surface area (Å²) in [7, 11) is 4.14. The summed E-state index contributed by atoms with van der Waals surface area (Å²) in [5.41, 5.74) is 7.29. The number of hydrogen-bond acceptors (Lipinski definition) is 2. The van der Waals surface area contributed by atoms with E-state index in [4.69, 9.17) is 0 Å². The van der Waals surface area contributed by atoms with Crippen LogP contribution in [0.25, 0.3) is 6.08 Å². The lowest BCUT2D eigenvalue weighted by Crippen LogP contribution is -2.09. The number of fused-ring (bicyclic) bond motifs is 1. The van der Waals surface area contributed by atoms with Crippen LogP contribution < -0.4 is 10.2 Å². The smallest absolute Gasteiger partial charge is 0.0457 e. The maximum absolute atomic E-state index is 3.56. The van der Waals surface area contributed by atoms with Crippen LogP contribution in [-0.2, 0) is 0 Å². The van der Waals surface area contributed by atoms with Gasteiger partial charge in [-0.05, 0) is 47.0 Å². The normalized spacial score (nSPS) is 15.1. The third-order valence-electron chi connectivity index (χ3n) is 4.96. The minimum Gasteiger partial charge on any atom is -0.378 e. The van der Waals surface area contributed by atoms with Gasteiger partial charge in [0.25, 0.3) is 0 Å². The first-order chi connectivity index (χ1) is 13.2.